The van der Waals surface area contributed by atoms with E-state index in [0.29, 0.717) is 57.8 Å². The van der Waals surface area contributed by atoms with Gasteiger partial charge >= 0.3 is 0 Å². The number of aromatic nitrogens is 6. The lowest BCUT2D eigenvalue weighted by atomic mass is 10.0. The maximum atomic E-state index is 16.2. The van der Waals surface area contributed by atoms with Gasteiger partial charge in [-0.05, 0) is 62.8 Å². The van der Waals surface area contributed by atoms with Crippen LogP contribution in [0.3, 0.4) is 0 Å². The van der Waals surface area contributed by atoms with Crippen LogP contribution in [0.15, 0.2) is 61.1 Å². The Morgan fingerprint density at radius 3 is 2.64 bits per heavy atom. The summed E-state index contributed by atoms with van der Waals surface area (Å²) in [5.41, 5.74) is 5.15. The molecular weight excluding hydrogens is 576 g/mol. The van der Waals surface area contributed by atoms with Crippen LogP contribution in [0.2, 0.25) is 0 Å². The van der Waals surface area contributed by atoms with Gasteiger partial charge in [0.2, 0.25) is 0 Å². The normalized spacial score (nSPS) is 12.3. The molecule has 4 heterocycles. The number of anilines is 2. The topological polar surface area (TPSA) is 131 Å². The van der Waals surface area contributed by atoms with E-state index in [4.69, 9.17) is 4.98 Å². The van der Waals surface area contributed by atoms with Gasteiger partial charge in [-0.2, -0.15) is 5.10 Å². The van der Waals surface area contributed by atoms with Crippen LogP contribution >= 0.6 is 0 Å². The molecular formula is C33H35F2N9O. The number of pyridine rings is 2. The first-order chi connectivity index (χ1) is 21.8. The molecule has 5 N–H and O–H groups in total. The lowest BCUT2D eigenvalue weighted by molar-refractivity contribution is 0.190. The minimum atomic E-state index is -0.737. The average molecular weight is 612 g/mol. The van der Waals surface area contributed by atoms with E-state index in [1.807, 2.05) is 43.3 Å². The first-order valence-electron chi connectivity index (χ1n) is 14.9. The van der Waals surface area contributed by atoms with Crippen molar-refractivity contribution in [1.82, 2.24) is 35.0 Å². The number of H-pyrrole nitrogens is 2. The number of nitrogens with one attached hydrogen (secondary N) is 4. The SMILES string of the molecule is CCCCC(O)Nc1cncc(-c2ncc3[nH]nc(-c4nc5c(-c6cc(F)cc(NCCN(C)C)c6)cccc5[nH]4)c3c2F)c1. The van der Waals surface area contributed by atoms with Crippen LogP contribution in [-0.2, 0) is 0 Å². The zero-order valence-electron chi connectivity index (χ0n) is 25.3. The molecule has 4 aromatic heterocycles. The van der Waals surface area contributed by atoms with Crippen LogP contribution in [-0.4, -0.2) is 73.6 Å². The largest absolute Gasteiger partial charge is 0.384 e. The zero-order valence-corrected chi connectivity index (χ0v) is 25.3. The quantitative estimate of drug-likeness (QED) is 0.101. The number of aliphatic hydroxyl groups is 1. The number of aliphatic hydroxyl groups excluding tert-OH is 1. The summed E-state index contributed by atoms with van der Waals surface area (Å²) in [6.45, 7) is 3.52. The zero-order chi connectivity index (χ0) is 31.5. The Morgan fingerprint density at radius 2 is 1.82 bits per heavy atom. The first-order valence-corrected chi connectivity index (χ1v) is 14.9. The lowest BCUT2D eigenvalue weighted by Gasteiger charge is -2.14. The van der Waals surface area contributed by atoms with Gasteiger partial charge in [-0.1, -0.05) is 25.5 Å². The monoisotopic (exact) mass is 611 g/mol. The minimum Gasteiger partial charge on any atom is -0.384 e. The highest BCUT2D eigenvalue weighted by Gasteiger charge is 2.22. The number of imidazole rings is 1. The third kappa shape index (κ3) is 6.47. The van der Waals surface area contributed by atoms with E-state index in [1.54, 1.807) is 12.3 Å². The fraction of sp³-hybridized carbons (Fsp3) is 0.273. The number of fused-ring (bicyclic) bond motifs is 2. The molecule has 2 aromatic carbocycles. The van der Waals surface area contributed by atoms with E-state index in [1.165, 1.54) is 24.5 Å². The average Bonchev–Trinajstić information content (AvgIpc) is 3.65. The summed E-state index contributed by atoms with van der Waals surface area (Å²) in [6.07, 6.45) is 6.31. The first kappa shape index (κ1) is 30.1. The second kappa shape index (κ2) is 13.0. The van der Waals surface area contributed by atoms with Gasteiger partial charge in [0, 0.05) is 36.1 Å². The molecule has 0 aliphatic heterocycles. The van der Waals surface area contributed by atoms with Crippen LogP contribution < -0.4 is 10.6 Å². The Hall–Kier alpha value is -4.94. The Bertz CT molecular complexity index is 1950. The standard InChI is InChI=1S/C33H35F2N9O/c1-4-5-9-27(45)39-23-14-20(16-36-17-23)30-29(35)28-26(18-38-30)42-43-32(28)33-40-25-8-6-7-24(31(25)41-33)19-12-21(34)15-22(13-19)37-10-11-44(2)3/h6-8,12-18,27,37,39,45H,4-5,9-11H2,1-3H3,(H,40,41)(H,42,43). The van der Waals surface area contributed by atoms with Crippen molar-refractivity contribution in [2.24, 2.45) is 0 Å². The Kier molecular flexibility index (Phi) is 8.67. The fourth-order valence-corrected chi connectivity index (χ4v) is 5.31. The van der Waals surface area contributed by atoms with Crippen LogP contribution in [0, 0.1) is 11.6 Å². The predicted octanol–water partition coefficient (Wildman–Crippen LogP) is 6.40. The van der Waals surface area contributed by atoms with Gasteiger partial charge < -0.3 is 25.6 Å². The molecule has 0 aliphatic carbocycles. The Labute approximate surface area is 259 Å². The van der Waals surface area contributed by atoms with Crippen molar-refractivity contribution in [3.63, 3.8) is 0 Å². The molecule has 6 rings (SSSR count). The highest BCUT2D eigenvalue weighted by atomic mass is 19.1. The van der Waals surface area contributed by atoms with E-state index in [2.05, 4.69) is 42.7 Å². The molecule has 0 fully saturated rings. The summed E-state index contributed by atoms with van der Waals surface area (Å²) in [7, 11) is 3.96. The summed E-state index contributed by atoms with van der Waals surface area (Å²) in [6, 6.07) is 12.1. The Morgan fingerprint density at radius 1 is 0.978 bits per heavy atom. The molecule has 0 radical (unpaired) electrons. The van der Waals surface area contributed by atoms with Gasteiger partial charge in [-0.15, -0.1) is 0 Å². The van der Waals surface area contributed by atoms with Gasteiger partial charge in [0.05, 0.1) is 40.0 Å². The second-order valence-corrected chi connectivity index (χ2v) is 11.3. The molecule has 6 aromatic rings. The van der Waals surface area contributed by atoms with Crippen LogP contribution in [0.1, 0.15) is 26.2 Å². The van der Waals surface area contributed by atoms with Crippen LogP contribution in [0.4, 0.5) is 20.2 Å². The third-order valence-corrected chi connectivity index (χ3v) is 7.55. The number of halogens is 2. The molecule has 12 heteroatoms. The number of unbranched alkanes of at least 4 members (excludes halogenated alkanes) is 1. The van der Waals surface area contributed by atoms with Crippen molar-refractivity contribution in [2.75, 3.05) is 37.8 Å². The molecule has 0 amide bonds. The molecule has 1 unspecified atom stereocenters. The molecule has 0 aliphatic rings. The molecule has 10 nitrogen and oxygen atoms in total. The fourth-order valence-electron chi connectivity index (χ4n) is 5.31. The number of rotatable bonds is 12. The number of nitrogens with zero attached hydrogens (tertiary/aromatic N) is 5. The molecule has 0 saturated carbocycles. The van der Waals surface area contributed by atoms with E-state index in [0.717, 1.165) is 24.9 Å². The van der Waals surface area contributed by atoms with Gasteiger partial charge in [-0.3, -0.25) is 15.1 Å². The molecule has 232 valence electrons. The van der Waals surface area contributed by atoms with Crippen molar-refractivity contribution >= 4 is 33.3 Å². The molecule has 0 spiro atoms. The van der Waals surface area contributed by atoms with E-state index in [9.17, 15) is 9.50 Å². The summed E-state index contributed by atoms with van der Waals surface area (Å²) in [5, 5.41) is 24.0. The summed E-state index contributed by atoms with van der Waals surface area (Å²) < 4.78 is 30.9. The number of likely N-dealkylation sites (N-methyl/N-ethyl adjacent to an activating group) is 1. The number of hydrogen-bond acceptors (Lipinski definition) is 8. The predicted molar refractivity (Wildman–Crippen MR) is 174 cm³/mol. The van der Waals surface area contributed by atoms with E-state index >= 15 is 4.39 Å². The lowest BCUT2D eigenvalue weighted by Crippen LogP contribution is -2.20. The summed E-state index contributed by atoms with van der Waals surface area (Å²) in [4.78, 5) is 18.7. The number of aromatic amines is 2. The minimum absolute atomic E-state index is 0.0928. The smallest absolute Gasteiger partial charge is 0.161 e. The second-order valence-electron chi connectivity index (χ2n) is 11.3. The van der Waals surface area contributed by atoms with Gasteiger partial charge in [-0.25, -0.2) is 13.8 Å². The summed E-state index contributed by atoms with van der Waals surface area (Å²) in [5.74, 6) is -0.591. The van der Waals surface area contributed by atoms with Gasteiger partial charge in [0.15, 0.2) is 11.6 Å². The highest BCUT2D eigenvalue weighted by Crippen LogP contribution is 2.35. The van der Waals surface area contributed by atoms with Crippen molar-refractivity contribution in [1.29, 1.82) is 0 Å². The highest BCUT2D eigenvalue weighted by molar-refractivity contribution is 5.98. The maximum Gasteiger partial charge on any atom is 0.161 e. The molecule has 45 heavy (non-hydrogen) atoms. The van der Waals surface area contributed by atoms with Crippen LogP contribution in [0.25, 0.3) is 55.8 Å². The number of hydrogen-bond donors (Lipinski definition) is 5. The molecule has 0 saturated heterocycles. The van der Waals surface area contributed by atoms with Crippen molar-refractivity contribution in [3.05, 3.63) is 72.7 Å². The Balaban J connectivity index is 1.36. The third-order valence-electron chi connectivity index (χ3n) is 7.55. The number of benzene rings is 2. The van der Waals surface area contributed by atoms with Crippen molar-refractivity contribution in [3.8, 4) is 33.9 Å². The summed E-state index contributed by atoms with van der Waals surface area (Å²) >= 11 is 0. The molecule has 1 atom stereocenters. The van der Waals surface area contributed by atoms with E-state index in [-0.39, 0.29) is 22.6 Å². The maximum absolute atomic E-state index is 16.2. The van der Waals surface area contributed by atoms with E-state index < -0.39 is 12.0 Å². The van der Waals surface area contributed by atoms with Crippen LogP contribution in [0.5, 0.6) is 0 Å². The van der Waals surface area contributed by atoms with Crippen molar-refractivity contribution < 1.29 is 13.9 Å². The van der Waals surface area contributed by atoms with Gasteiger partial charge in [0.1, 0.15) is 23.4 Å². The molecule has 0 bridgehead atoms. The van der Waals surface area contributed by atoms with Crippen molar-refractivity contribution in [2.45, 2.75) is 32.4 Å². The number of para-hydroxylation sites is 1. The van der Waals surface area contributed by atoms with Gasteiger partial charge in [0.25, 0.3) is 0 Å².